The average Bonchev–Trinajstić information content (AvgIpc) is 3.18. The Labute approximate surface area is 157 Å². The Kier molecular flexibility index (Phi) is 4.62. The number of imidazole rings is 1. The van der Waals surface area contributed by atoms with Crippen molar-refractivity contribution < 1.29 is 9.18 Å². The van der Waals surface area contributed by atoms with Gasteiger partial charge in [-0.05, 0) is 31.2 Å². The summed E-state index contributed by atoms with van der Waals surface area (Å²) in [7, 11) is 0. The first-order chi connectivity index (χ1) is 13.1. The first-order valence-corrected chi connectivity index (χ1v) is 9.02. The molecule has 4 rings (SSSR count). The van der Waals surface area contributed by atoms with Crippen molar-refractivity contribution in [2.24, 2.45) is 0 Å². The number of carbonyl (C=O) groups is 1. The first-order valence-electron chi connectivity index (χ1n) is 9.02. The smallest absolute Gasteiger partial charge is 0.256 e. The second-order valence-electron chi connectivity index (χ2n) is 6.69. The van der Waals surface area contributed by atoms with E-state index in [4.69, 9.17) is 0 Å². The van der Waals surface area contributed by atoms with E-state index in [0.29, 0.717) is 26.2 Å². The summed E-state index contributed by atoms with van der Waals surface area (Å²) in [6.45, 7) is 4.44. The monoisotopic (exact) mass is 364 g/mol. The van der Waals surface area contributed by atoms with E-state index in [9.17, 15) is 9.18 Å². The molecule has 0 N–H and O–H groups in total. The largest absolute Gasteiger partial charge is 0.338 e. The molecule has 0 unspecified atom stereocenters. The fourth-order valence-corrected chi connectivity index (χ4v) is 3.35. The van der Waals surface area contributed by atoms with Gasteiger partial charge in [0.1, 0.15) is 5.82 Å². The molecule has 0 saturated carbocycles. The molecule has 1 aromatic heterocycles. The Morgan fingerprint density at radius 2 is 1.70 bits per heavy atom. The summed E-state index contributed by atoms with van der Waals surface area (Å²) in [6, 6.07) is 14.4. The van der Waals surface area contributed by atoms with Crippen LogP contribution in [-0.4, -0.2) is 46.5 Å². The summed E-state index contributed by atoms with van der Waals surface area (Å²) < 4.78 is 15.9. The second-order valence-corrected chi connectivity index (χ2v) is 6.69. The molecule has 2 aromatic carbocycles. The standard InChI is InChI=1S/C21H21FN4O/c1-16-6-8-17(9-7-16)26-11-10-23-21(26)25-14-12-24(13-15-25)20(27)18-4-2-3-5-19(18)22/h2-11H,12-15H2,1H3. The van der Waals surface area contributed by atoms with Crippen molar-refractivity contribution in [3.63, 3.8) is 0 Å². The minimum absolute atomic E-state index is 0.132. The quantitative estimate of drug-likeness (QED) is 0.716. The first kappa shape index (κ1) is 17.3. The minimum atomic E-state index is -0.472. The molecule has 0 bridgehead atoms. The number of rotatable bonds is 3. The predicted molar refractivity (Wildman–Crippen MR) is 103 cm³/mol. The minimum Gasteiger partial charge on any atom is -0.338 e. The lowest BCUT2D eigenvalue weighted by Crippen LogP contribution is -2.49. The Bertz CT molecular complexity index is 943. The molecule has 1 aliphatic heterocycles. The lowest BCUT2D eigenvalue weighted by atomic mass is 10.1. The third kappa shape index (κ3) is 3.43. The number of hydrogen-bond donors (Lipinski definition) is 0. The van der Waals surface area contributed by atoms with E-state index in [-0.39, 0.29) is 11.5 Å². The van der Waals surface area contributed by atoms with Crippen LogP contribution in [0.2, 0.25) is 0 Å². The maximum atomic E-state index is 13.9. The van der Waals surface area contributed by atoms with E-state index in [1.165, 1.54) is 17.7 Å². The zero-order valence-electron chi connectivity index (χ0n) is 15.2. The van der Waals surface area contributed by atoms with Crippen LogP contribution in [0.3, 0.4) is 0 Å². The second kappa shape index (κ2) is 7.23. The van der Waals surface area contributed by atoms with Crippen molar-refractivity contribution >= 4 is 11.9 Å². The molecule has 0 radical (unpaired) electrons. The van der Waals surface area contributed by atoms with E-state index < -0.39 is 5.82 Å². The van der Waals surface area contributed by atoms with Crippen LogP contribution in [0, 0.1) is 12.7 Å². The molecular weight excluding hydrogens is 343 g/mol. The molecular formula is C21H21FN4O. The Balaban J connectivity index is 1.48. The highest BCUT2D eigenvalue weighted by molar-refractivity contribution is 5.94. The highest BCUT2D eigenvalue weighted by atomic mass is 19.1. The molecule has 1 fully saturated rings. The molecule has 5 nitrogen and oxygen atoms in total. The zero-order valence-corrected chi connectivity index (χ0v) is 15.2. The van der Waals surface area contributed by atoms with Crippen molar-refractivity contribution in [2.75, 3.05) is 31.1 Å². The van der Waals surface area contributed by atoms with Gasteiger partial charge < -0.3 is 9.80 Å². The lowest BCUT2D eigenvalue weighted by molar-refractivity contribution is 0.0741. The van der Waals surface area contributed by atoms with Crippen molar-refractivity contribution in [3.05, 3.63) is 77.9 Å². The van der Waals surface area contributed by atoms with Crippen LogP contribution in [0.4, 0.5) is 10.3 Å². The van der Waals surface area contributed by atoms with Crippen LogP contribution in [0.1, 0.15) is 15.9 Å². The van der Waals surface area contributed by atoms with Crippen molar-refractivity contribution in [1.82, 2.24) is 14.5 Å². The maximum Gasteiger partial charge on any atom is 0.256 e. The molecule has 0 atom stereocenters. The topological polar surface area (TPSA) is 41.4 Å². The molecule has 0 aliphatic carbocycles. The molecule has 1 saturated heterocycles. The lowest BCUT2D eigenvalue weighted by Gasteiger charge is -2.35. The third-order valence-electron chi connectivity index (χ3n) is 4.89. The van der Waals surface area contributed by atoms with Crippen LogP contribution in [-0.2, 0) is 0 Å². The molecule has 138 valence electrons. The molecule has 1 aliphatic rings. The van der Waals surface area contributed by atoms with E-state index in [2.05, 4.69) is 41.1 Å². The number of piperazine rings is 1. The van der Waals surface area contributed by atoms with Crippen LogP contribution in [0.25, 0.3) is 5.69 Å². The molecule has 6 heteroatoms. The van der Waals surface area contributed by atoms with Gasteiger partial charge in [0, 0.05) is 44.3 Å². The summed E-state index contributed by atoms with van der Waals surface area (Å²) in [5.74, 6) is 0.131. The van der Waals surface area contributed by atoms with E-state index in [1.807, 2.05) is 10.8 Å². The number of halogens is 1. The zero-order chi connectivity index (χ0) is 18.8. The van der Waals surface area contributed by atoms with Gasteiger partial charge in [0.2, 0.25) is 5.95 Å². The molecule has 3 aromatic rings. The van der Waals surface area contributed by atoms with E-state index in [1.54, 1.807) is 23.2 Å². The van der Waals surface area contributed by atoms with Gasteiger partial charge in [-0.2, -0.15) is 0 Å². The van der Waals surface area contributed by atoms with Gasteiger partial charge in [0.25, 0.3) is 5.91 Å². The average molecular weight is 364 g/mol. The van der Waals surface area contributed by atoms with Crippen LogP contribution in [0.5, 0.6) is 0 Å². The SMILES string of the molecule is Cc1ccc(-n2ccnc2N2CCN(C(=O)c3ccccc3F)CC2)cc1. The number of amides is 1. The van der Waals surface area contributed by atoms with Crippen LogP contribution < -0.4 is 4.90 Å². The Morgan fingerprint density at radius 1 is 1.00 bits per heavy atom. The number of aromatic nitrogens is 2. The summed E-state index contributed by atoms with van der Waals surface area (Å²) in [6.07, 6.45) is 3.73. The van der Waals surface area contributed by atoms with Gasteiger partial charge in [0.15, 0.2) is 0 Å². The molecule has 0 spiro atoms. The highest BCUT2D eigenvalue weighted by Crippen LogP contribution is 2.21. The van der Waals surface area contributed by atoms with Gasteiger partial charge in [0.05, 0.1) is 5.56 Å². The number of carbonyl (C=O) groups excluding carboxylic acids is 1. The van der Waals surface area contributed by atoms with E-state index >= 15 is 0 Å². The summed E-state index contributed by atoms with van der Waals surface area (Å²) >= 11 is 0. The van der Waals surface area contributed by atoms with Crippen molar-refractivity contribution in [2.45, 2.75) is 6.92 Å². The van der Waals surface area contributed by atoms with Crippen LogP contribution >= 0.6 is 0 Å². The van der Waals surface area contributed by atoms with Gasteiger partial charge in [-0.25, -0.2) is 9.37 Å². The predicted octanol–water partition coefficient (Wildman–Crippen LogP) is 3.28. The Hall–Kier alpha value is -3.15. The van der Waals surface area contributed by atoms with Gasteiger partial charge in [-0.3, -0.25) is 9.36 Å². The van der Waals surface area contributed by atoms with Gasteiger partial charge >= 0.3 is 0 Å². The fraction of sp³-hybridized carbons (Fsp3) is 0.238. The highest BCUT2D eigenvalue weighted by Gasteiger charge is 2.25. The summed E-state index contributed by atoms with van der Waals surface area (Å²) in [5.41, 5.74) is 2.39. The molecule has 1 amide bonds. The molecule has 27 heavy (non-hydrogen) atoms. The van der Waals surface area contributed by atoms with Gasteiger partial charge in [-0.15, -0.1) is 0 Å². The van der Waals surface area contributed by atoms with E-state index in [0.717, 1.165) is 11.6 Å². The number of anilines is 1. The molecule has 2 heterocycles. The summed E-state index contributed by atoms with van der Waals surface area (Å²) in [5, 5.41) is 0. The van der Waals surface area contributed by atoms with Crippen LogP contribution in [0.15, 0.2) is 60.9 Å². The fourth-order valence-electron chi connectivity index (χ4n) is 3.35. The maximum absolute atomic E-state index is 13.9. The third-order valence-corrected chi connectivity index (χ3v) is 4.89. The normalized spacial score (nSPS) is 14.4. The number of aryl methyl sites for hydroxylation is 1. The van der Waals surface area contributed by atoms with Gasteiger partial charge in [-0.1, -0.05) is 29.8 Å². The van der Waals surface area contributed by atoms with Crippen molar-refractivity contribution in [1.29, 1.82) is 0 Å². The number of hydrogen-bond acceptors (Lipinski definition) is 3. The van der Waals surface area contributed by atoms with Crippen molar-refractivity contribution in [3.8, 4) is 5.69 Å². The number of nitrogens with zero attached hydrogens (tertiary/aromatic N) is 4. The Morgan fingerprint density at radius 3 is 2.41 bits per heavy atom. The number of benzene rings is 2. The summed E-state index contributed by atoms with van der Waals surface area (Å²) in [4.78, 5) is 20.9.